The first kappa shape index (κ1) is 12.7. The van der Waals surface area contributed by atoms with E-state index >= 15 is 0 Å². The van der Waals surface area contributed by atoms with Crippen LogP contribution in [0.4, 0.5) is 8.78 Å². The Morgan fingerprint density at radius 3 is 2.69 bits per heavy atom. The van der Waals surface area contributed by atoms with Crippen molar-refractivity contribution in [1.29, 1.82) is 0 Å². The van der Waals surface area contributed by atoms with Gasteiger partial charge in [-0.3, -0.25) is 0 Å². The average molecular weight is 223 g/mol. The van der Waals surface area contributed by atoms with Gasteiger partial charge in [0.2, 0.25) is 0 Å². The summed E-state index contributed by atoms with van der Waals surface area (Å²) < 4.78 is 26.7. The van der Waals surface area contributed by atoms with E-state index in [0.717, 1.165) is 12.8 Å². The Bertz CT molecular complexity index is 416. The third-order valence-electron chi connectivity index (χ3n) is 2.25. The minimum absolute atomic E-state index is 0.132. The van der Waals surface area contributed by atoms with Crippen LogP contribution in [-0.4, -0.2) is 6.54 Å². The zero-order chi connectivity index (χ0) is 12.0. The van der Waals surface area contributed by atoms with Gasteiger partial charge in [0.25, 0.3) is 0 Å². The van der Waals surface area contributed by atoms with Gasteiger partial charge >= 0.3 is 0 Å². The largest absolute Gasteiger partial charge is 0.330 e. The molecule has 0 aromatic heterocycles. The molecule has 0 aliphatic heterocycles. The molecule has 0 bridgehead atoms. The Kier molecular flexibility index (Phi) is 4.94. The third-order valence-corrected chi connectivity index (χ3v) is 2.25. The molecule has 0 aliphatic rings. The molecule has 86 valence electrons. The van der Waals surface area contributed by atoms with Crippen LogP contribution in [0.15, 0.2) is 12.1 Å². The van der Waals surface area contributed by atoms with Gasteiger partial charge in [-0.25, -0.2) is 8.78 Å². The maximum atomic E-state index is 13.5. The summed E-state index contributed by atoms with van der Waals surface area (Å²) in [4.78, 5) is 0. The molecule has 2 N–H and O–H groups in total. The van der Waals surface area contributed by atoms with Crippen LogP contribution in [0.2, 0.25) is 0 Å². The molecule has 0 amide bonds. The fourth-order valence-electron chi connectivity index (χ4n) is 1.28. The van der Waals surface area contributed by atoms with Gasteiger partial charge in [-0.05, 0) is 37.9 Å². The van der Waals surface area contributed by atoms with Crippen LogP contribution in [0.1, 0.15) is 30.4 Å². The van der Waals surface area contributed by atoms with Crippen molar-refractivity contribution in [3.63, 3.8) is 0 Å². The number of nitrogens with two attached hydrogens (primary N) is 1. The number of hydrogen-bond donors (Lipinski definition) is 1. The summed E-state index contributed by atoms with van der Waals surface area (Å²) in [6.45, 7) is 2.21. The summed E-state index contributed by atoms with van der Waals surface area (Å²) >= 11 is 0. The fourth-order valence-corrected chi connectivity index (χ4v) is 1.28. The quantitative estimate of drug-likeness (QED) is 0.619. The summed E-state index contributed by atoms with van der Waals surface area (Å²) in [5, 5.41) is 0. The zero-order valence-corrected chi connectivity index (χ0v) is 9.32. The Morgan fingerprint density at radius 1 is 1.25 bits per heavy atom. The second-order valence-corrected chi connectivity index (χ2v) is 3.60. The van der Waals surface area contributed by atoms with E-state index in [1.54, 1.807) is 6.92 Å². The van der Waals surface area contributed by atoms with Crippen LogP contribution in [0.5, 0.6) is 0 Å². The normalized spacial score (nSPS) is 9.75. The molecule has 1 nitrogen and oxygen atoms in total. The summed E-state index contributed by atoms with van der Waals surface area (Å²) in [5.41, 5.74) is 5.60. The maximum absolute atomic E-state index is 13.5. The molecular formula is C13H15F2N. The molecule has 0 heterocycles. The highest BCUT2D eigenvalue weighted by atomic mass is 19.1. The molecule has 0 saturated carbocycles. The van der Waals surface area contributed by atoms with Gasteiger partial charge in [0.1, 0.15) is 11.6 Å². The first-order chi connectivity index (χ1) is 7.66. The lowest BCUT2D eigenvalue weighted by Crippen LogP contribution is -1.97. The van der Waals surface area contributed by atoms with E-state index in [-0.39, 0.29) is 5.56 Å². The van der Waals surface area contributed by atoms with Crippen molar-refractivity contribution in [2.24, 2.45) is 5.73 Å². The Balaban J connectivity index is 2.76. The molecule has 1 rings (SSSR count). The van der Waals surface area contributed by atoms with E-state index in [4.69, 9.17) is 5.73 Å². The van der Waals surface area contributed by atoms with Gasteiger partial charge in [0, 0.05) is 6.42 Å². The molecule has 0 spiro atoms. The highest BCUT2D eigenvalue weighted by Crippen LogP contribution is 2.14. The number of unbranched alkanes of at least 4 members (excludes halogenated alkanes) is 2. The van der Waals surface area contributed by atoms with Crippen LogP contribution in [0, 0.1) is 30.4 Å². The van der Waals surface area contributed by atoms with Crippen LogP contribution in [0.3, 0.4) is 0 Å². The van der Waals surface area contributed by atoms with Crippen LogP contribution in [0.25, 0.3) is 0 Å². The lowest BCUT2D eigenvalue weighted by Gasteiger charge is -2.00. The maximum Gasteiger partial charge on any atom is 0.144 e. The first-order valence-electron chi connectivity index (χ1n) is 5.30. The Labute approximate surface area is 94.7 Å². The van der Waals surface area contributed by atoms with E-state index in [1.165, 1.54) is 12.1 Å². The minimum atomic E-state index is -0.602. The summed E-state index contributed by atoms with van der Waals surface area (Å²) in [5.74, 6) is 4.13. The van der Waals surface area contributed by atoms with Crippen molar-refractivity contribution >= 4 is 0 Å². The summed E-state index contributed by atoms with van der Waals surface area (Å²) in [7, 11) is 0. The van der Waals surface area contributed by atoms with Crippen LogP contribution in [-0.2, 0) is 0 Å². The Morgan fingerprint density at radius 2 is 2.00 bits per heavy atom. The van der Waals surface area contributed by atoms with Crippen molar-refractivity contribution in [3.05, 3.63) is 34.9 Å². The van der Waals surface area contributed by atoms with E-state index in [1.807, 2.05) is 0 Å². The highest BCUT2D eigenvalue weighted by molar-refractivity contribution is 5.39. The monoisotopic (exact) mass is 223 g/mol. The smallest absolute Gasteiger partial charge is 0.144 e. The van der Waals surface area contributed by atoms with Crippen molar-refractivity contribution in [3.8, 4) is 11.8 Å². The molecule has 0 atom stereocenters. The minimum Gasteiger partial charge on any atom is -0.330 e. The predicted molar refractivity (Wildman–Crippen MR) is 60.9 cm³/mol. The molecule has 0 saturated heterocycles. The highest BCUT2D eigenvalue weighted by Gasteiger charge is 2.08. The number of rotatable bonds is 3. The van der Waals surface area contributed by atoms with Gasteiger partial charge in [0.05, 0.1) is 5.56 Å². The summed E-state index contributed by atoms with van der Waals surface area (Å²) in [6.07, 6.45) is 2.36. The molecular weight excluding hydrogens is 208 g/mol. The predicted octanol–water partition coefficient (Wildman–Crippen LogP) is 2.75. The number of hydrogen-bond acceptors (Lipinski definition) is 1. The SMILES string of the molecule is Cc1ccc(F)c(C#CCCCCN)c1F. The van der Waals surface area contributed by atoms with Crippen molar-refractivity contribution in [2.75, 3.05) is 6.54 Å². The third kappa shape index (κ3) is 3.32. The van der Waals surface area contributed by atoms with Crippen LogP contribution >= 0.6 is 0 Å². The molecule has 0 unspecified atom stereocenters. The fraction of sp³-hybridized carbons (Fsp3) is 0.385. The van der Waals surface area contributed by atoms with E-state index < -0.39 is 11.6 Å². The second kappa shape index (κ2) is 6.24. The van der Waals surface area contributed by atoms with E-state index in [0.29, 0.717) is 18.5 Å². The lowest BCUT2D eigenvalue weighted by molar-refractivity contribution is 0.571. The van der Waals surface area contributed by atoms with E-state index in [2.05, 4.69) is 11.8 Å². The number of halogens is 2. The average Bonchev–Trinajstić information content (AvgIpc) is 2.28. The van der Waals surface area contributed by atoms with Gasteiger partial charge in [-0.1, -0.05) is 17.9 Å². The lowest BCUT2D eigenvalue weighted by atomic mass is 10.1. The molecule has 16 heavy (non-hydrogen) atoms. The molecule has 0 fully saturated rings. The molecule has 0 aliphatic carbocycles. The van der Waals surface area contributed by atoms with Gasteiger partial charge in [0.15, 0.2) is 0 Å². The number of benzene rings is 1. The van der Waals surface area contributed by atoms with E-state index in [9.17, 15) is 8.78 Å². The number of aryl methyl sites for hydroxylation is 1. The van der Waals surface area contributed by atoms with Crippen molar-refractivity contribution in [2.45, 2.75) is 26.2 Å². The van der Waals surface area contributed by atoms with Crippen molar-refractivity contribution < 1.29 is 8.78 Å². The molecule has 3 heteroatoms. The van der Waals surface area contributed by atoms with Gasteiger partial charge in [-0.2, -0.15) is 0 Å². The topological polar surface area (TPSA) is 26.0 Å². The summed E-state index contributed by atoms with van der Waals surface area (Å²) in [6, 6.07) is 2.65. The molecule has 1 aromatic rings. The first-order valence-corrected chi connectivity index (χ1v) is 5.30. The zero-order valence-electron chi connectivity index (χ0n) is 9.32. The van der Waals surface area contributed by atoms with Crippen LogP contribution < -0.4 is 5.73 Å². The second-order valence-electron chi connectivity index (χ2n) is 3.60. The standard InChI is InChI=1S/C13H15F2N/c1-10-7-8-12(14)11(13(10)15)6-4-2-3-5-9-16/h7-8H,2-3,5,9,16H2,1H3. The Hall–Kier alpha value is -1.40. The van der Waals surface area contributed by atoms with Gasteiger partial charge in [-0.15, -0.1) is 0 Å². The van der Waals surface area contributed by atoms with Crippen molar-refractivity contribution in [1.82, 2.24) is 0 Å². The van der Waals surface area contributed by atoms with Gasteiger partial charge < -0.3 is 5.73 Å². The molecule has 0 radical (unpaired) electrons. The molecule has 1 aromatic carbocycles.